The molecule has 1 atom stereocenters. The number of hydrogen-bond acceptors (Lipinski definition) is 6. The zero-order valence-corrected chi connectivity index (χ0v) is 15.9. The lowest BCUT2D eigenvalue weighted by atomic mass is 10.0. The van der Waals surface area contributed by atoms with E-state index in [1.165, 1.54) is 6.07 Å². The number of carbonyl (C=O) groups is 1. The Bertz CT molecular complexity index is 942. The molecule has 0 unspecified atom stereocenters. The summed E-state index contributed by atoms with van der Waals surface area (Å²) < 4.78 is 10.5. The quantitative estimate of drug-likeness (QED) is 0.416. The molecule has 0 radical (unpaired) electrons. The summed E-state index contributed by atoms with van der Waals surface area (Å²) in [7, 11) is 0. The molecule has 0 spiro atoms. The summed E-state index contributed by atoms with van der Waals surface area (Å²) in [5.41, 5.74) is 4.51. The molecule has 0 aliphatic heterocycles. The van der Waals surface area contributed by atoms with E-state index in [1.807, 2.05) is 42.5 Å². The minimum absolute atomic E-state index is 0.00209. The van der Waals surface area contributed by atoms with Crippen molar-refractivity contribution in [2.75, 3.05) is 6.54 Å². The van der Waals surface area contributed by atoms with Crippen molar-refractivity contribution in [3.8, 4) is 17.0 Å². The number of aromatic nitrogens is 1. The molecule has 1 aromatic heterocycles. The highest BCUT2D eigenvalue weighted by atomic mass is 32.1. The molecule has 0 aliphatic carbocycles. The predicted molar refractivity (Wildman–Crippen MR) is 107 cm³/mol. The highest BCUT2D eigenvalue weighted by Crippen LogP contribution is 2.19. The highest BCUT2D eigenvalue weighted by Gasteiger charge is 2.14. The number of ether oxygens (including phenoxy) is 1. The summed E-state index contributed by atoms with van der Waals surface area (Å²) >= 11 is 4.82. The molecule has 0 saturated heterocycles. The summed E-state index contributed by atoms with van der Waals surface area (Å²) in [4.78, 5) is 12.3. The standard InChI is InChI=1S/C20H19N3O4S/c1-13(26-18-11-17(27-23-18)20(28)22-25)12-21-19(24)16-9-7-15(8-10-16)14-5-3-2-4-6-14/h2-11,13,25H,12H2,1H3,(H,21,24)(H,22,28)/t13-/m1/s1. The molecule has 7 nitrogen and oxygen atoms in total. The van der Waals surface area contributed by atoms with Crippen LogP contribution in [0.3, 0.4) is 0 Å². The molecule has 3 rings (SSSR count). The van der Waals surface area contributed by atoms with Gasteiger partial charge in [-0.15, -0.1) is 0 Å². The molecule has 0 aliphatic rings. The van der Waals surface area contributed by atoms with E-state index in [-0.39, 0.29) is 35.2 Å². The SMILES string of the molecule is C[C@H](CNC(=O)c1ccc(-c2ccccc2)cc1)Oc1cc(C(=S)NO)on1. The van der Waals surface area contributed by atoms with E-state index in [1.54, 1.807) is 24.5 Å². The van der Waals surface area contributed by atoms with Gasteiger partial charge in [-0.3, -0.25) is 15.5 Å². The number of hydroxylamine groups is 1. The van der Waals surface area contributed by atoms with Crippen molar-refractivity contribution in [1.29, 1.82) is 0 Å². The van der Waals surface area contributed by atoms with Crippen LogP contribution in [0.1, 0.15) is 23.0 Å². The van der Waals surface area contributed by atoms with Gasteiger partial charge in [0.2, 0.25) is 0 Å². The molecule has 0 bridgehead atoms. The molecule has 1 amide bonds. The lowest BCUT2D eigenvalue weighted by Crippen LogP contribution is -2.33. The molecule has 8 heteroatoms. The van der Waals surface area contributed by atoms with E-state index < -0.39 is 0 Å². The van der Waals surface area contributed by atoms with Crippen molar-refractivity contribution < 1.29 is 19.3 Å². The molecule has 0 saturated carbocycles. The van der Waals surface area contributed by atoms with Crippen LogP contribution in [0.2, 0.25) is 0 Å². The summed E-state index contributed by atoms with van der Waals surface area (Å²) in [6.07, 6.45) is -0.346. The summed E-state index contributed by atoms with van der Waals surface area (Å²) in [6, 6.07) is 18.8. The maximum atomic E-state index is 12.3. The second-order valence-electron chi connectivity index (χ2n) is 6.05. The van der Waals surface area contributed by atoms with Crippen molar-refractivity contribution in [2.45, 2.75) is 13.0 Å². The Kier molecular flexibility index (Phi) is 6.36. The Balaban J connectivity index is 1.52. The monoisotopic (exact) mass is 397 g/mol. The number of carbonyl (C=O) groups excluding carboxylic acids is 1. The zero-order valence-electron chi connectivity index (χ0n) is 15.1. The van der Waals surface area contributed by atoms with Gasteiger partial charge < -0.3 is 14.6 Å². The number of rotatable bonds is 7. The molecule has 3 aromatic rings. The first-order chi connectivity index (χ1) is 13.6. The third-order valence-electron chi connectivity index (χ3n) is 3.94. The van der Waals surface area contributed by atoms with E-state index >= 15 is 0 Å². The topological polar surface area (TPSA) is 96.6 Å². The van der Waals surface area contributed by atoms with Gasteiger partial charge in [-0.25, -0.2) is 0 Å². The minimum atomic E-state index is -0.346. The lowest BCUT2D eigenvalue weighted by Gasteiger charge is -2.13. The van der Waals surface area contributed by atoms with Crippen LogP contribution in [0.25, 0.3) is 11.1 Å². The first-order valence-electron chi connectivity index (χ1n) is 8.58. The molecular weight excluding hydrogens is 378 g/mol. The van der Waals surface area contributed by atoms with Gasteiger partial charge in [-0.05, 0) is 35.3 Å². The number of hydrogen-bond donors (Lipinski definition) is 3. The van der Waals surface area contributed by atoms with Crippen molar-refractivity contribution >= 4 is 23.1 Å². The average molecular weight is 397 g/mol. The van der Waals surface area contributed by atoms with Gasteiger partial charge in [0.15, 0.2) is 10.7 Å². The average Bonchev–Trinajstić information content (AvgIpc) is 3.20. The third kappa shape index (κ3) is 4.93. The van der Waals surface area contributed by atoms with Crippen LogP contribution in [-0.4, -0.2) is 33.9 Å². The van der Waals surface area contributed by atoms with Crippen LogP contribution in [0, 0.1) is 0 Å². The summed E-state index contributed by atoms with van der Waals surface area (Å²) in [5.74, 6) is 0.199. The highest BCUT2D eigenvalue weighted by molar-refractivity contribution is 7.80. The van der Waals surface area contributed by atoms with Gasteiger partial charge in [0.25, 0.3) is 11.8 Å². The zero-order chi connectivity index (χ0) is 19.9. The largest absolute Gasteiger partial charge is 0.471 e. The van der Waals surface area contributed by atoms with Gasteiger partial charge in [0.1, 0.15) is 6.10 Å². The van der Waals surface area contributed by atoms with E-state index in [2.05, 4.69) is 10.5 Å². The number of amides is 1. The van der Waals surface area contributed by atoms with Crippen LogP contribution in [-0.2, 0) is 0 Å². The first-order valence-corrected chi connectivity index (χ1v) is 8.99. The summed E-state index contributed by atoms with van der Waals surface area (Å²) in [6.45, 7) is 2.07. The number of thiocarbonyl (C=S) groups is 1. The Morgan fingerprint density at radius 1 is 1.18 bits per heavy atom. The molecule has 1 heterocycles. The molecule has 3 N–H and O–H groups in total. The Labute approximate surface area is 167 Å². The number of nitrogens with zero attached hydrogens (tertiary/aromatic N) is 1. The van der Waals surface area contributed by atoms with Crippen molar-refractivity contribution in [1.82, 2.24) is 16.0 Å². The molecular formula is C20H19N3O4S. The third-order valence-corrected chi connectivity index (χ3v) is 4.23. The van der Waals surface area contributed by atoms with E-state index in [0.717, 1.165) is 11.1 Å². The first kappa shape index (κ1) is 19.5. The second-order valence-corrected chi connectivity index (χ2v) is 6.46. The lowest BCUT2D eigenvalue weighted by molar-refractivity contribution is 0.0929. The number of nitrogens with one attached hydrogen (secondary N) is 2. The molecule has 2 aromatic carbocycles. The maximum absolute atomic E-state index is 12.3. The van der Waals surface area contributed by atoms with Gasteiger partial charge in [0.05, 0.1) is 12.6 Å². The van der Waals surface area contributed by atoms with E-state index in [4.69, 9.17) is 26.7 Å². The van der Waals surface area contributed by atoms with E-state index in [0.29, 0.717) is 5.56 Å². The fourth-order valence-corrected chi connectivity index (χ4v) is 2.60. The van der Waals surface area contributed by atoms with Crippen molar-refractivity contribution in [3.05, 3.63) is 72.0 Å². The Morgan fingerprint density at radius 3 is 2.54 bits per heavy atom. The number of benzene rings is 2. The van der Waals surface area contributed by atoms with Gasteiger partial charge in [-0.2, -0.15) is 0 Å². The Hall–Kier alpha value is -3.23. The van der Waals surface area contributed by atoms with Crippen LogP contribution in [0.5, 0.6) is 5.88 Å². The second kappa shape index (κ2) is 9.12. The van der Waals surface area contributed by atoms with Crippen LogP contribution < -0.4 is 15.5 Å². The molecule has 28 heavy (non-hydrogen) atoms. The fourth-order valence-electron chi connectivity index (χ4n) is 2.51. The van der Waals surface area contributed by atoms with Crippen LogP contribution in [0.15, 0.2) is 65.2 Å². The molecule has 144 valence electrons. The van der Waals surface area contributed by atoms with E-state index in [9.17, 15) is 4.79 Å². The fraction of sp³-hybridized carbons (Fsp3) is 0.150. The normalized spacial score (nSPS) is 11.5. The van der Waals surface area contributed by atoms with Crippen molar-refractivity contribution in [2.24, 2.45) is 0 Å². The van der Waals surface area contributed by atoms with Crippen molar-refractivity contribution in [3.63, 3.8) is 0 Å². The van der Waals surface area contributed by atoms with Crippen LogP contribution >= 0.6 is 12.2 Å². The smallest absolute Gasteiger partial charge is 0.255 e. The molecule has 0 fully saturated rings. The summed E-state index contributed by atoms with van der Waals surface area (Å²) in [5, 5.41) is 15.3. The maximum Gasteiger partial charge on any atom is 0.255 e. The van der Waals surface area contributed by atoms with Gasteiger partial charge in [0, 0.05) is 5.56 Å². The van der Waals surface area contributed by atoms with Crippen LogP contribution in [0.4, 0.5) is 0 Å². The van der Waals surface area contributed by atoms with Gasteiger partial charge in [-0.1, -0.05) is 54.7 Å². The minimum Gasteiger partial charge on any atom is -0.471 e. The predicted octanol–water partition coefficient (Wildman–Crippen LogP) is 3.19. The Morgan fingerprint density at radius 2 is 1.86 bits per heavy atom. The van der Waals surface area contributed by atoms with Gasteiger partial charge >= 0.3 is 0 Å².